The average Bonchev–Trinajstić information content (AvgIpc) is 2.66. The highest BCUT2D eigenvalue weighted by atomic mass is 32.3. The van der Waals surface area contributed by atoms with Crippen LogP contribution in [0.5, 0.6) is 5.75 Å². The van der Waals surface area contributed by atoms with Crippen LogP contribution in [0, 0.1) is 18.6 Å². The first-order chi connectivity index (χ1) is 13.7. The molecule has 0 bridgehead atoms. The third-order valence-electron chi connectivity index (χ3n) is 4.25. The number of ether oxygens (including phenoxy) is 1. The molecule has 152 valence electrons. The Labute approximate surface area is 166 Å². The van der Waals surface area contributed by atoms with E-state index in [1.807, 2.05) is 30.3 Å². The van der Waals surface area contributed by atoms with Gasteiger partial charge in [0, 0.05) is 18.2 Å². The highest BCUT2D eigenvalue weighted by molar-refractivity contribution is 7.97. The van der Waals surface area contributed by atoms with Crippen molar-refractivity contribution in [2.45, 2.75) is 29.7 Å². The van der Waals surface area contributed by atoms with Crippen molar-refractivity contribution in [1.29, 1.82) is 0 Å². The molecule has 0 spiro atoms. The Morgan fingerprint density at radius 2 is 1.72 bits per heavy atom. The van der Waals surface area contributed by atoms with E-state index in [0.717, 1.165) is 5.56 Å². The van der Waals surface area contributed by atoms with Crippen molar-refractivity contribution in [3.8, 4) is 5.75 Å². The predicted octanol–water partition coefficient (Wildman–Crippen LogP) is 6.18. The standard InChI is InChI=1S/C21H16F4O3S/c1-13-9-16(7-8-19(13)28-12-14-5-3-2-4-6-14)29(26,27)20-17(21(24)25)10-15(22)11-18(20)23/h2-11,21H,12H2,1H3/p+1. The lowest BCUT2D eigenvalue weighted by Crippen LogP contribution is -2.16. The fourth-order valence-electron chi connectivity index (χ4n) is 2.84. The summed E-state index contributed by atoms with van der Waals surface area (Å²) in [5.74, 6) is -2.34. The summed E-state index contributed by atoms with van der Waals surface area (Å²) in [6.45, 7) is 1.87. The maximum Gasteiger partial charge on any atom is 0.285 e. The zero-order valence-corrected chi connectivity index (χ0v) is 16.1. The van der Waals surface area contributed by atoms with E-state index in [9.17, 15) is 26.3 Å². The van der Waals surface area contributed by atoms with Gasteiger partial charge in [0.25, 0.3) is 16.6 Å². The Morgan fingerprint density at radius 1 is 1.03 bits per heavy atom. The minimum Gasteiger partial charge on any atom is -0.489 e. The number of aryl methyl sites for hydroxylation is 1. The number of hydrogen-bond donors (Lipinski definition) is 1. The predicted molar refractivity (Wildman–Crippen MR) is 100 cm³/mol. The van der Waals surface area contributed by atoms with Gasteiger partial charge >= 0.3 is 0 Å². The van der Waals surface area contributed by atoms with E-state index in [1.165, 1.54) is 18.2 Å². The first-order valence-electron chi connectivity index (χ1n) is 8.51. The van der Waals surface area contributed by atoms with Crippen LogP contribution in [0.3, 0.4) is 0 Å². The molecule has 0 aliphatic carbocycles. The van der Waals surface area contributed by atoms with Crippen LogP contribution in [0.1, 0.15) is 23.1 Å². The zero-order valence-electron chi connectivity index (χ0n) is 15.2. The molecular weight excluding hydrogens is 408 g/mol. The quantitative estimate of drug-likeness (QED) is 0.379. The fourth-order valence-corrected chi connectivity index (χ4v) is 4.46. The number of alkyl halides is 2. The summed E-state index contributed by atoms with van der Waals surface area (Å²) in [6, 6.07) is 13.9. The molecule has 0 aliphatic heterocycles. The lowest BCUT2D eigenvalue weighted by atomic mass is 10.2. The minimum absolute atomic E-state index is 0.262. The van der Waals surface area contributed by atoms with Crippen LogP contribution in [0.25, 0.3) is 0 Å². The molecule has 3 aromatic rings. The van der Waals surface area contributed by atoms with E-state index in [-0.39, 0.29) is 11.5 Å². The van der Waals surface area contributed by atoms with Crippen LogP contribution in [-0.2, 0) is 21.0 Å². The van der Waals surface area contributed by atoms with Crippen LogP contribution in [0.2, 0.25) is 0 Å². The SMILES string of the molecule is Cc1cc([S+](=O)(O)c2c(F)cc(F)cc2C(F)F)ccc1OCc1ccccc1. The number of hydrogen-bond acceptors (Lipinski definition) is 2. The van der Waals surface area contributed by atoms with E-state index in [1.54, 1.807) is 6.92 Å². The highest BCUT2D eigenvalue weighted by Crippen LogP contribution is 2.37. The highest BCUT2D eigenvalue weighted by Gasteiger charge is 2.42. The number of benzene rings is 3. The van der Waals surface area contributed by atoms with Crippen molar-refractivity contribution in [1.82, 2.24) is 0 Å². The zero-order chi connectivity index (χ0) is 21.2. The van der Waals surface area contributed by atoms with Gasteiger partial charge in [0.2, 0.25) is 4.90 Å². The van der Waals surface area contributed by atoms with Crippen molar-refractivity contribution in [3.63, 3.8) is 0 Å². The molecule has 0 radical (unpaired) electrons. The normalized spacial score (nSPS) is 13.3. The molecule has 29 heavy (non-hydrogen) atoms. The summed E-state index contributed by atoms with van der Waals surface area (Å²) in [4.78, 5) is -1.40. The van der Waals surface area contributed by atoms with Gasteiger partial charge in [-0.2, -0.15) is 4.55 Å². The molecule has 3 nitrogen and oxygen atoms in total. The van der Waals surface area contributed by atoms with E-state index < -0.39 is 38.7 Å². The Bertz CT molecular complexity index is 1070. The van der Waals surface area contributed by atoms with Gasteiger partial charge in [-0.15, -0.1) is 0 Å². The van der Waals surface area contributed by atoms with E-state index in [2.05, 4.69) is 0 Å². The number of halogens is 4. The summed E-state index contributed by atoms with van der Waals surface area (Å²) < 4.78 is 83.1. The smallest absolute Gasteiger partial charge is 0.285 e. The lowest BCUT2D eigenvalue weighted by Gasteiger charge is -2.13. The van der Waals surface area contributed by atoms with Gasteiger partial charge < -0.3 is 4.74 Å². The molecule has 8 heteroatoms. The van der Waals surface area contributed by atoms with E-state index in [4.69, 9.17) is 4.74 Å². The molecule has 3 rings (SSSR count). The molecule has 0 fully saturated rings. The second-order valence-corrected chi connectivity index (χ2v) is 8.27. The summed E-state index contributed by atoms with van der Waals surface area (Å²) in [5.41, 5.74) is 0.218. The van der Waals surface area contributed by atoms with Gasteiger partial charge in [0.05, 0.1) is 5.56 Å². The van der Waals surface area contributed by atoms with Crippen molar-refractivity contribution < 1.29 is 31.1 Å². The molecule has 0 saturated carbocycles. The summed E-state index contributed by atoms with van der Waals surface area (Å²) in [6.07, 6.45) is -3.32. The van der Waals surface area contributed by atoms with Crippen LogP contribution in [0.4, 0.5) is 17.6 Å². The largest absolute Gasteiger partial charge is 0.489 e. The van der Waals surface area contributed by atoms with Crippen molar-refractivity contribution in [2.24, 2.45) is 0 Å². The second kappa shape index (κ2) is 8.34. The van der Waals surface area contributed by atoms with Gasteiger partial charge in [0.1, 0.15) is 18.2 Å². The van der Waals surface area contributed by atoms with Gasteiger partial charge in [-0.05, 0) is 30.2 Å². The van der Waals surface area contributed by atoms with Crippen LogP contribution in [0.15, 0.2) is 70.5 Å². The summed E-state index contributed by atoms with van der Waals surface area (Å²) >= 11 is 0. The van der Waals surface area contributed by atoms with Crippen LogP contribution >= 0.6 is 0 Å². The van der Waals surface area contributed by atoms with Crippen LogP contribution in [-0.4, -0.2) is 4.55 Å². The molecule has 0 heterocycles. The van der Waals surface area contributed by atoms with E-state index >= 15 is 0 Å². The van der Waals surface area contributed by atoms with Gasteiger partial charge in [-0.3, -0.25) is 0 Å². The molecular formula is C21H17F4O3S+. The summed E-state index contributed by atoms with van der Waals surface area (Å²) in [7, 11) is -4.40. The molecule has 0 aliphatic rings. The maximum absolute atomic E-state index is 14.2. The Morgan fingerprint density at radius 3 is 2.34 bits per heavy atom. The average molecular weight is 425 g/mol. The Kier molecular flexibility index (Phi) is 6.04. The topological polar surface area (TPSA) is 46.5 Å². The first kappa shape index (κ1) is 21.0. The van der Waals surface area contributed by atoms with Gasteiger partial charge in [-0.25, -0.2) is 17.6 Å². The molecule has 0 amide bonds. The van der Waals surface area contributed by atoms with Crippen molar-refractivity contribution >= 4 is 10.2 Å². The second-order valence-electron chi connectivity index (χ2n) is 6.33. The molecule has 1 N–H and O–H groups in total. The third kappa shape index (κ3) is 4.49. The Balaban J connectivity index is 1.95. The third-order valence-corrected chi connectivity index (χ3v) is 6.13. The molecule has 3 aromatic carbocycles. The van der Waals surface area contributed by atoms with Crippen LogP contribution < -0.4 is 4.74 Å². The lowest BCUT2D eigenvalue weighted by molar-refractivity contribution is 0.146. The fraction of sp³-hybridized carbons (Fsp3) is 0.143. The van der Waals surface area contributed by atoms with Gasteiger partial charge in [-0.1, -0.05) is 34.5 Å². The van der Waals surface area contributed by atoms with E-state index in [0.29, 0.717) is 23.4 Å². The maximum atomic E-state index is 14.2. The molecule has 1 atom stereocenters. The molecule has 0 aromatic heterocycles. The molecule has 0 saturated heterocycles. The van der Waals surface area contributed by atoms with Crippen molar-refractivity contribution in [3.05, 3.63) is 89.0 Å². The monoisotopic (exact) mass is 425 g/mol. The molecule has 1 unspecified atom stereocenters. The summed E-state index contributed by atoms with van der Waals surface area (Å²) in [5, 5.41) is 0. The number of rotatable bonds is 6. The van der Waals surface area contributed by atoms with Crippen molar-refractivity contribution in [2.75, 3.05) is 0 Å². The minimum atomic E-state index is -4.40. The Hall–Kier alpha value is -2.71. The first-order valence-corrected chi connectivity index (χ1v) is 10.0. The van der Waals surface area contributed by atoms with Gasteiger partial charge in [0.15, 0.2) is 10.7 Å².